The van der Waals surface area contributed by atoms with Crippen LogP contribution in [0.2, 0.25) is 0 Å². The van der Waals surface area contributed by atoms with E-state index in [0.717, 1.165) is 25.4 Å². The largest absolute Gasteiger partial charge is 0.375 e. The molecule has 1 saturated heterocycles. The van der Waals surface area contributed by atoms with Gasteiger partial charge >= 0.3 is 0 Å². The maximum Gasteiger partial charge on any atom is 0.0692 e. The van der Waals surface area contributed by atoms with Crippen LogP contribution in [0.5, 0.6) is 0 Å². The van der Waals surface area contributed by atoms with E-state index in [2.05, 4.69) is 39.9 Å². The van der Waals surface area contributed by atoms with Crippen molar-refractivity contribution < 1.29 is 4.74 Å². The topological polar surface area (TPSA) is 21.3 Å². The van der Waals surface area contributed by atoms with E-state index in [4.69, 9.17) is 4.74 Å². The Bertz CT molecular complexity index is 211. The van der Waals surface area contributed by atoms with Gasteiger partial charge in [-0.2, -0.15) is 0 Å². The normalized spacial score (nSPS) is 26.1. The molecular formula is C15H31NO. The summed E-state index contributed by atoms with van der Waals surface area (Å²) < 4.78 is 6.03. The average molecular weight is 241 g/mol. The lowest BCUT2D eigenvalue weighted by Crippen LogP contribution is -2.50. The van der Waals surface area contributed by atoms with Crippen LogP contribution in [0, 0.1) is 5.92 Å². The molecule has 1 fully saturated rings. The summed E-state index contributed by atoms with van der Waals surface area (Å²) in [6, 6.07) is 1.31. The van der Waals surface area contributed by atoms with Crippen molar-refractivity contribution in [2.45, 2.75) is 84.4 Å². The Balaban J connectivity index is 2.54. The maximum atomic E-state index is 6.03. The van der Waals surface area contributed by atoms with Gasteiger partial charge in [0.15, 0.2) is 0 Å². The van der Waals surface area contributed by atoms with E-state index in [9.17, 15) is 0 Å². The smallest absolute Gasteiger partial charge is 0.0692 e. The Morgan fingerprint density at radius 2 is 1.88 bits per heavy atom. The van der Waals surface area contributed by atoms with E-state index in [1.54, 1.807) is 0 Å². The molecule has 0 aromatic carbocycles. The molecule has 1 heterocycles. The van der Waals surface area contributed by atoms with Crippen molar-refractivity contribution in [3.05, 3.63) is 0 Å². The van der Waals surface area contributed by atoms with Crippen LogP contribution in [0.25, 0.3) is 0 Å². The van der Waals surface area contributed by atoms with E-state index in [1.807, 2.05) is 0 Å². The minimum Gasteiger partial charge on any atom is -0.375 e. The Morgan fingerprint density at radius 1 is 1.24 bits per heavy atom. The van der Waals surface area contributed by atoms with Crippen LogP contribution < -0.4 is 5.32 Å². The van der Waals surface area contributed by atoms with Gasteiger partial charge < -0.3 is 10.1 Å². The SMILES string of the molecule is CCC(NC1CCOC(CC)(CC)C1)C(C)C. The van der Waals surface area contributed by atoms with Crippen LogP contribution in [-0.2, 0) is 4.74 Å². The van der Waals surface area contributed by atoms with Crippen molar-refractivity contribution >= 4 is 0 Å². The minimum atomic E-state index is 0.144. The molecule has 17 heavy (non-hydrogen) atoms. The zero-order valence-electron chi connectivity index (χ0n) is 12.4. The highest BCUT2D eigenvalue weighted by molar-refractivity contribution is 4.89. The highest BCUT2D eigenvalue weighted by Crippen LogP contribution is 2.31. The molecule has 2 unspecified atom stereocenters. The van der Waals surface area contributed by atoms with Crippen molar-refractivity contribution in [1.29, 1.82) is 0 Å². The van der Waals surface area contributed by atoms with Crippen LogP contribution in [0.4, 0.5) is 0 Å². The number of nitrogens with one attached hydrogen (secondary N) is 1. The predicted octanol–water partition coefficient (Wildman–Crippen LogP) is 3.75. The molecule has 1 aliphatic rings. The summed E-state index contributed by atoms with van der Waals surface area (Å²) >= 11 is 0. The summed E-state index contributed by atoms with van der Waals surface area (Å²) in [6.45, 7) is 12.3. The lowest BCUT2D eigenvalue weighted by molar-refractivity contribution is -0.0946. The fourth-order valence-corrected chi connectivity index (χ4v) is 3.00. The Labute approximate surface area is 108 Å². The van der Waals surface area contributed by atoms with Gasteiger partial charge in [-0.05, 0) is 38.0 Å². The van der Waals surface area contributed by atoms with Gasteiger partial charge in [0.05, 0.1) is 5.60 Å². The van der Waals surface area contributed by atoms with E-state index in [0.29, 0.717) is 12.1 Å². The van der Waals surface area contributed by atoms with Crippen molar-refractivity contribution in [2.24, 2.45) is 5.92 Å². The van der Waals surface area contributed by atoms with Crippen molar-refractivity contribution in [2.75, 3.05) is 6.61 Å². The summed E-state index contributed by atoms with van der Waals surface area (Å²) in [4.78, 5) is 0. The van der Waals surface area contributed by atoms with Gasteiger partial charge in [0, 0.05) is 18.7 Å². The lowest BCUT2D eigenvalue weighted by atomic mass is 9.85. The summed E-state index contributed by atoms with van der Waals surface area (Å²) in [6.07, 6.45) is 5.86. The fraction of sp³-hybridized carbons (Fsp3) is 1.00. The number of ether oxygens (including phenoxy) is 1. The average Bonchev–Trinajstić information content (AvgIpc) is 2.35. The quantitative estimate of drug-likeness (QED) is 0.764. The highest BCUT2D eigenvalue weighted by atomic mass is 16.5. The Kier molecular flexibility index (Phi) is 5.94. The molecule has 0 spiro atoms. The van der Waals surface area contributed by atoms with Gasteiger partial charge in [0.25, 0.3) is 0 Å². The van der Waals surface area contributed by atoms with Crippen molar-refractivity contribution in [1.82, 2.24) is 5.32 Å². The first kappa shape index (κ1) is 15.0. The molecule has 2 nitrogen and oxygen atoms in total. The lowest BCUT2D eigenvalue weighted by Gasteiger charge is -2.42. The first-order chi connectivity index (χ1) is 8.06. The molecule has 2 heteroatoms. The van der Waals surface area contributed by atoms with Crippen LogP contribution in [0.15, 0.2) is 0 Å². The molecule has 0 saturated carbocycles. The van der Waals surface area contributed by atoms with Crippen LogP contribution in [0.1, 0.15) is 66.7 Å². The number of hydrogen-bond donors (Lipinski definition) is 1. The van der Waals surface area contributed by atoms with E-state index >= 15 is 0 Å². The molecule has 0 aromatic rings. The maximum absolute atomic E-state index is 6.03. The monoisotopic (exact) mass is 241 g/mol. The zero-order valence-corrected chi connectivity index (χ0v) is 12.4. The van der Waals surface area contributed by atoms with Crippen LogP contribution in [-0.4, -0.2) is 24.3 Å². The third-order valence-corrected chi connectivity index (χ3v) is 4.48. The van der Waals surface area contributed by atoms with Gasteiger partial charge in [-0.1, -0.05) is 34.6 Å². The Hall–Kier alpha value is -0.0800. The first-order valence-electron chi connectivity index (χ1n) is 7.46. The third-order valence-electron chi connectivity index (χ3n) is 4.48. The molecule has 102 valence electrons. The van der Waals surface area contributed by atoms with E-state index in [-0.39, 0.29) is 5.60 Å². The summed E-state index contributed by atoms with van der Waals surface area (Å²) in [5, 5.41) is 3.85. The summed E-state index contributed by atoms with van der Waals surface area (Å²) in [5.74, 6) is 0.723. The molecule has 0 aliphatic carbocycles. The first-order valence-corrected chi connectivity index (χ1v) is 7.46. The van der Waals surface area contributed by atoms with Gasteiger partial charge in [0.1, 0.15) is 0 Å². The Morgan fingerprint density at radius 3 is 2.35 bits per heavy atom. The van der Waals surface area contributed by atoms with Gasteiger partial charge in [0.2, 0.25) is 0 Å². The number of hydrogen-bond acceptors (Lipinski definition) is 2. The fourth-order valence-electron chi connectivity index (χ4n) is 3.00. The van der Waals surface area contributed by atoms with Crippen LogP contribution >= 0.6 is 0 Å². The summed E-state index contributed by atoms with van der Waals surface area (Å²) in [5.41, 5.74) is 0.144. The number of rotatable bonds is 6. The van der Waals surface area contributed by atoms with Crippen molar-refractivity contribution in [3.63, 3.8) is 0 Å². The molecule has 1 rings (SSSR count). The van der Waals surface area contributed by atoms with Gasteiger partial charge in [-0.25, -0.2) is 0 Å². The molecule has 1 aliphatic heterocycles. The molecular weight excluding hydrogens is 210 g/mol. The molecule has 0 amide bonds. The summed E-state index contributed by atoms with van der Waals surface area (Å²) in [7, 11) is 0. The second-order valence-corrected chi connectivity index (χ2v) is 5.85. The second-order valence-electron chi connectivity index (χ2n) is 5.85. The van der Waals surface area contributed by atoms with Gasteiger partial charge in [-0.15, -0.1) is 0 Å². The van der Waals surface area contributed by atoms with E-state index < -0.39 is 0 Å². The standard InChI is InChI=1S/C15H31NO/c1-6-14(12(4)5)16-13-9-10-17-15(7-2,8-3)11-13/h12-14,16H,6-11H2,1-5H3. The minimum absolute atomic E-state index is 0.144. The van der Waals surface area contributed by atoms with Gasteiger partial charge in [-0.3, -0.25) is 0 Å². The molecule has 0 aromatic heterocycles. The predicted molar refractivity (Wildman–Crippen MR) is 74.3 cm³/mol. The molecule has 0 radical (unpaired) electrons. The molecule has 0 bridgehead atoms. The zero-order chi connectivity index (χ0) is 12.9. The molecule has 1 N–H and O–H groups in total. The highest BCUT2D eigenvalue weighted by Gasteiger charge is 2.35. The van der Waals surface area contributed by atoms with Crippen molar-refractivity contribution in [3.8, 4) is 0 Å². The van der Waals surface area contributed by atoms with Crippen LogP contribution in [0.3, 0.4) is 0 Å². The van der Waals surface area contributed by atoms with E-state index in [1.165, 1.54) is 19.3 Å². The molecule has 2 atom stereocenters. The second kappa shape index (κ2) is 6.75. The third kappa shape index (κ3) is 3.96.